The molecule has 2 aromatic rings. The third-order valence-corrected chi connectivity index (χ3v) is 3.07. The van der Waals surface area contributed by atoms with Gasteiger partial charge in [-0.05, 0) is 54.4 Å². The van der Waals surface area contributed by atoms with Gasteiger partial charge in [0.05, 0.1) is 12.3 Å². The van der Waals surface area contributed by atoms with Crippen LogP contribution in [0, 0.1) is 12.7 Å². The van der Waals surface area contributed by atoms with Crippen molar-refractivity contribution >= 4 is 11.6 Å². The zero-order chi connectivity index (χ0) is 13.1. The first kappa shape index (κ1) is 13.1. The Morgan fingerprint density at radius 2 is 2.17 bits per heavy atom. The van der Waals surface area contributed by atoms with Crippen molar-refractivity contribution in [1.29, 1.82) is 0 Å². The van der Waals surface area contributed by atoms with Crippen LogP contribution >= 0.6 is 11.6 Å². The molecule has 96 valence electrons. The lowest BCUT2D eigenvalue weighted by atomic mass is 9.99. The second-order valence-electron chi connectivity index (χ2n) is 4.20. The summed E-state index contributed by atoms with van der Waals surface area (Å²) in [5.74, 6) is -0.243. The van der Waals surface area contributed by atoms with Crippen LogP contribution in [-0.2, 0) is 0 Å². The minimum atomic E-state index is -0.243. The molecule has 18 heavy (non-hydrogen) atoms. The summed E-state index contributed by atoms with van der Waals surface area (Å²) in [6, 6.07) is 6.61. The average molecular weight is 268 g/mol. The summed E-state index contributed by atoms with van der Waals surface area (Å²) in [6.07, 6.45) is 1.54. The van der Waals surface area contributed by atoms with Gasteiger partial charge in [-0.3, -0.25) is 0 Å². The number of hydrogen-bond acceptors (Lipinski definition) is 2. The number of benzene rings is 1. The summed E-state index contributed by atoms with van der Waals surface area (Å²) in [7, 11) is 0. The van der Waals surface area contributed by atoms with Crippen molar-refractivity contribution in [2.75, 3.05) is 6.54 Å². The zero-order valence-corrected chi connectivity index (χ0v) is 11.1. The van der Waals surface area contributed by atoms with E-state index in [9.17, 15) is 4.39 Å². The van der Waals surface area contributed by atoms with Gasteiger partial charge >= 0.3 is 0 Å². The smallest absolute Gasteiger partial charge is 0.198 e. The van der Waals surface area contributed by atoms with E-state index in [-0.39, 0.29) is 11.9 Å². The van der Waals surface area contributed by atoms with Crippen LogP contribution in [0.1, 0.15) is 29.7 Å². The van der Waals surface area contributed by atoms with E-state index in [1.54, 1.807) is 6.07 Å². The van der Waals surface area contributed by atoms with Crippen molar-refractivity contribution in [3.8, 4) is 0 Å². The molecule has 2 rings (SSSR count). The third-order valence-electron chi connectivity index (χ3n) is 2.76. The predicted octanol–water partition coefficient (Wildman–Crippen LogP) is 4.08. The molecule has 0 saturated carbocycles. The molecule has 0 bridgehead atoms. The summed E-state index contributed by atoms with van der Waals surface area (Å²) in [5, 5.41) is 3.62. The predicted molar refractivity (Wildman–Crippen MR) is 70.4 cm³/mol. The number of aryl methyl sites for hydroxylation is 1. The Bertz CT molecular complexity index is 518. The van der Waals surface area contributed by atoms with E-state index in [2.05, 4.69) is 5.32 Å². The lowest BCUT2D eigenvalue weighted by molar-refractivity contribution is 0.553. The second kappa shape index (κ2) is 5.55. The molecule has 0 spiro atoms. The fourth-order valence-corrected chi connectivity index (χ4v) is 2.28. The van der Waals surface area contributed by atoms with Gasteiger partial charge in [-0.25, -0.2) is 4.39 Å². The molecule has 1 N–H and O–H groups in total. The molecule has 1 aromatic carbocycles. The van der Waals surface area contributed by atoms with Gasteiger partial charge in [0.15, 0.2) is 5.22 Å². The highest BCUT2D eigenvalue weighted by Gasteiger charge is 2.19. The monoisotopic (exact) mass is 267 g/mol. The Kier molecular flexibility index (Phi) is 4.04. The molecular formula is C14H15ClFNO. The number of nitrogens with one attached hydrogen (secondary N) is 1. The van der Waals surface area contributed by atoms with Gasteiger partial charge < -0.3 is 9.73 Å². The number of halogens is 2. The van der Waals surface area contributed by atoms with Crippen molar-refractivity contribution in [1.82, 2.24) is 5.32 Å². The Morgan fingerprint density at radius 3 is 2.72 bits per heavy atom. The maximum Gasteiger partial charge on any atom is 0.198 e. The minimum absolute atomic E-state index is 0.157. The molecule has 0 aliphatic carbocycles. The molecule has 0 fully saturated rings. The molecule has 1 heterocycles. The largest absolute Gasteiger partial charge is 0.453 e. The average Bonchev–Trinajstić information content (AvgIpc) is 2.71. The highest BCUT2D eigenvalue weighted by molar-refractivity contribution is 6.29. The summed E-state index contributed by atoms with van der Waals surface area (Å²) in [6.45, 7) is 4.61. The van der Waals surface area contributed by atoms with Gasteiger partial charge in [-0.1, -0.05) is 13.0 Å². The van der Waals surface area contributed by atoms with E-state index < -0.39 is 0 Å². The molecule has 0 aliphatic heterocycles. The summed E-state index contributed by atoms with van der Waals surface area (Å²) in [4.78, 5) is 0. The quantitative estimate of drug-likeness (QED) is 0.903. The molecule has 0 amide bonds. The molecule has 4 heteroatoms. The van der Waals surface area contributed by atoms with Crippen LogP contribution in [0.3, 0.4) is 0 Å². The summed E-state index contributed by atoms with van der Waals surface area (Å²) < 4.78 is 18.6. The fourth-order valence-electron chi connectivity index (χ4n) is 2.05. The van der Waals surface area contributed by atoms with Gasteiger partial charge in [-0.2, -0.15) is 0 Å². The zero-order valence-electron chi connectivity index (χ0n) is 10.3. The number of rotatable bonds is 4. The van der Waals surface area contributed by atoms with Crippen molar-refractivity contribution < 1.29 is 8.81 Å². The fraction of sp³-hybridized carbons (Fsp3) is 0.286. The highest BCUT2D eigenvalue weighted by Crippen LogP contribution is 2.30. The molecule has 0 radical (unpaired) electrons. The Hall–Kier alpha value is -1.32. The standard InChI is InChI=1S/C14H15ClFNO/c1-3-17-13(12-4-5-18-14(12)15)10-6-9(2)7-11(16)8-10/h4-8,13,17H,3H2,1-2H3. The van der Waals surface area contributed by atoms with Gasteiger partial charge in [0.2, 0.25) is 0 Å². The van der Waals surface area contributed by atoms with E-state index in [0.717, 1.165) is 23.2 Å². The summed E-state index contributed by atoms with van der Waals surface area (Å²) in [5.41, 5.74) is 2.55. The minimum Gasteiger partial charge on any atom is -0.453 e. The lowest BCUT2D eigenvalue weighted by Crippen LogP contribution is -2.22. The van der Waals surface area contributed by atoms with E-state index in [1.165, 1.54) is 18.4 Å². The molecule has 0 aliphatic rings. The van der Waals surface area contributed by atoms with Crippen LogP contribution in [0.5, 0.6) is 0 Å². The first-order chi connectivity index (χ1) is 8.61. The Labute approximate surface area is 111 Å². The van der Waals surface area contributed by atoms with E-state index in [0.29, 0.717) is 5.22 Å². The van der Waals surface area contributed by atoms with Crippen molar-refractivity contribution in [3.05, 3.63) is 58.3 Å². The van der Waals surface area contributed by atoms with Gasteiger partial charge in [0.25, 0.3) is 0 Å². The van der Waals surface area contributed by atoms with E-state index in [1.807, 2.05) is 19.9 Å². The molecule has 1 aromatic heterocycles. The first-order valence-electron chi connectivity index (χ1n) is 5.85. The topological polar surface area (TPSA) is 25.2 Å². The molecular weight excluding hydrogens is 253 g/mol. The molecule has 0 saturated heterocycles. The Morgan fingerprint density at radius 1 is 1.39 bits per heavy atom. The third kappa shape index (κ3) is 2.74. The number of furan rings is 1. The van der Waals surface area contributed by atoms with Crippen LogP contribution in [-0.4, -0.2) is 6.54 Å². The van der Waals surface area contributed by atoms with E-state index in [4.69, 9.17) is 16.0 Å². The maximum absolute atomic E-state index is 13.5. The van der Waals surface area contributed by atoms with Crippen LogP contribution in [0.15, 0.2) is 34.9 Å². The molecule has 1 atom stereocenters. The highest BCUT2D eigenvalue weighted by atomic mass is 35.5. The van der Waals surface area contributed by atoms with Crippen molar-refractivity contribution in [2.24, 2.45) is 0 Å². The Balaban J connectivity index is 2.44. The second-order valence-corrected chi connectivity index (χ2v) is 4.55. The van der Waals surface area contributed by atoms with Gasteiger partial charge in [0, 0.05) is 5.56 Å². The van der Waals surface area contributed by atoms with Gasteiger partial charge in [-0.15, -0.1) is 0 Å². The molecule has 1 unspecified atom stereocenters. The maximum atomic E-state index is 13.5. The van der Waals surface area contributed by atoms with Crippen LogP contribution in [0.4, 0.5) is 4.39 Å². The van der Waals surface area contributed by atoms with Crippen molar-refractivity contribution in [2.45, 2.75) is 19.9 Å². The van der Waals surface area contributed by atoms with E-state index >= 15 is 0 Å². The normalized spacial score (nSPS) is 12.7. The van der Waals surface area contributed by atoms with Crippen LogP contribution in [0.2, 0.25) is 5.22 Å². The lowest BCUT2D eigenvalue weighted by Gasteiger charge is -2.18. The number of hydrogen-bond donors (Lipinski definition) is 1. The first-order valence-corrected chi connectivity index (χ1v) is 6.23. The summed E-state index contributed by atoms with van der Waals surface area (Å²) >= 11 is 6.00. The molecule has 2 nitrogen and oxygen atoms in total. The van der Waals surface area contributed by atoms with Gasteiger partial charge in [0.1, 0.15) is 5.82 Å². The van der Waals surface area contributed by atoms with Crippen LogP contribution in [0.25, 0.3) is 0 Å². The van der Waals surface area contributed by atoms with Crippen molar-refractivity contribution in [3.63, 3.8) is 0 Å². The SMILES string of the molecule is CCNC(c1cc(C)cc(F)c1)c1ccoc1Cl. The van der Waals surface area contributed by atoms with Crippen LogP contribution < -0.4 is 5.32 Å².